The van der Waals surface area contributed by atoms with Crippen molar-refractivity contribution in [2.24, 2.45) is 17.3 Å². The molecule has 3 heteroatoms. The van der Waals surface area contributed by atoms with Crippen molar-refractivity contribution in [3.8, 4) is 0 Å². The molecule has 3 nitrogen and oxygen atoms in total. The third-order valence-corrected chi connectivity index (χ3v) is 6.33. The molecule has 0 N–H and O–H groups in total. The molecular formula is C19H27N3. The Hall–Kier alpha value is -1.35. The standard InChI is InChI=1S/C19H27N3/c1-19(2)16-7-6-15(17(19)13-16)14-21-9-11-22(12-10-21)18-5-3-4-8-20-18/h3-6,8,16-17H,7,9-14H2,1-2H3. The van der Waals surface area contributed by atoms with E-state index in [0.717, 1.165) is 43.8 Å². The maximum absolute atomic E-state index is 4.48. The minimum absolute atomic E-state index is 0.555. The smallest absolute Gasteiger partial charge is 0.128 e. The van der Waals surface area contributed by atoms with Crippen molar-refractivity contribution in [3.63, 3.8) is 0 Å². The lowest BCUT2D eigenvalue weighted by atomic mass is 9.49. The van der Waals surface area contributed by atoms with Gasteiger partial charge in [-0.1, -0.05) is 31.6 Å². The van der Waals surface area contributed by atoms with E-state index in [1.165, 1.54) is 19.4 Å². The van der Waals surface area contributed by atoms with E-state index in [0.29, 0.717) is 5.41 Å². The second-order valence-corrected chi connectivity index (χ2v) is 7.77. The Kier molecular flexibility index (Phi) is 3.48. The summed E-state index contributed by atoms with van der Waals surface area (Å²) in [6.07, 6.45) is 7.19. The average molecular weight is 297 g/mol. The molecule has 0 aromatic carbocycles. The molecule has 1 aromatic rings. The lowest BCUT2D eigenvalue weighted by Crippen LogP contribution is -2.52. The number of pyridine rings is 1. The van der Waals surface area contributed by atoms with Crippen LogP contribution >= 0.6 is 0 Å². The third-order valence-electron chi connectivity index (χ3n) is 6.33. The maximum atomic E-state index is 4.48. The molecule has 0 radical (unpaired) electrons. The number of fused-ring (bicyclic) bond motifs is 1. The molecule has 1 aliphatic heterocycles. The predicted molar refractivity (Wildman–Crippen MR) is 91.0 cm³/mol. The molecule has 5 rings (SSSR count). The van der Waals surface area contributed by atoms with Crippen LogP contribution in [0.4, 0.5) is 5.82 Å². The second kappa shape index (κ2) is 5.38. The van der Waals surface area contributed by atoms with Crippen LogP contribution in [-0.4, -0.2) is 42.6 Å². The molecule has 22 heavy (non-hydrogen) atoms. The Labute approximate surface area is 134 Å². The topological polar surface area (TPSA) is 19.4 Å². The highest BCUT2D eigenvalue weighted by molar-refractivity contribution is 5.38. The number of piperazine rings is 1. The van der Waals surface area contributed by atoms with E-state index in [2.05, 4.69) is 46.8 Å². The minimum atomic E-state index is 0.555. The molecule has 3 aliphatic carbocycles. The minimum Gasteiger partial charge on any atom is -0.354 e. The maximum Gasteiger partial charge on any atom is 0.128 e. The summed E-state index contributed by atoms with van der Waals surface area (Å²) >= 11 is 0. The molecular weight excluding hydrogens is 270 g/mol. The summed E-state index contributed by atoms with van der Waals surface area (Å²) in [5, 5.41) is 0. The largest absolute Gasteiger partial charge is 0.354 e. The molecule has 2 fully saturated rings. The first-order valence-electron chi connectivity index (χ1n) is 8.72. The number of hydrogen-bond donors (Lipinski definition) is 0. The van der Waals surface area contributed by atoms with Gasteiger partial charge in [-0.25, -0.2) is 4.98 Å². The lowest BCUT2D eigenvalue weighted by molar-refractivity contribution is -0.0107. The van der Waals surface area contributed by atoms with Gasteiger partial charge in [-0.15, -0.1) is 0 Å². The summed E-state index contributed by atoms with van der Waals surface area (Å²) < 4.78 is 0. The van der Waals surface area contributed by atoms with Crippen LogP contribution in [0.2, 0.25) is 0 Å². The van der Waals surface area contributed by atoms with Gasteiger partial charge in [-0.3, -0.25) is 4.90 Å². The van der Waals surface area contributed by atoms with Gasteiger partial charge in [0.15, 0.2) is 0 Å². The van der Waals surface area contributed by atoms with Crippen molar-refractivity contribution in [1.29, 1.82) is 0 Å². The van der Waals surface area contributed by atoms with Crippen molar-refractivity contribution >= 4 is 5.82 Å². The van der Waals surface area contributed by atoms with E-state index in [-0.39, 0.29) is 0 Å². The quantitative estimate of drug-likeness (QED) is 0.799. The highest BCUT2D eigenvalue weighted by atomic mass is 15.3. The zero-order valence-electron chi connectivity index (χ0n) is 13.8. The van der Waals surface area contributed by atoms with Gasteiger partial charge in [0.05, 0.1) is 0 Å². The van der Waals surface area contributed by atoms with Gasteiger partial charge >= 0.3 is 0 Å². The van der Waals surface area contributed by atoms with Crippen molar-refractivity contribution < 1.29 is 0 Å². The molecule has 2 bridgehead atoms. The van der Waals surface area contributed by atoms with Crippen molar-refractivity contribution in [1.82, 2.24) is 9.88 Å². The van der Waals surface area contributed by atoms with Crippen LogP contribution in [0.3, 0.4) is 0 Å². The summed E-state index contributed by atoms with van der Waals surface area (Å²) in [6, 6.07) is 6.19. The summed E-state index contributed by atoms with van der Waals surface area (Å²) in [5.74, 6) is 2.92. The van der Waals surface area contributed by atoms with Gasteiger partial charge in [0.25, 0.3) is 0 Å². The molecule has 2 unspecified atom stereocenters. The van der Waals surface area contributed by atoms with E-state index < -0.39 is 0 Å². The number of allylic oxidation sites excluding steroid dienone is 1. The van der Waals surface area contributed by atoms with Gasteiger partial charge < -0.3 is 4.90 Å². The van der Waals surface area contributed by atoms with Crippen molar-refractivity contribution in [3.05, 3.63) is 36.0 Å². The number of hydrogen-bond acceptors (Lipinski definition) is 3. The number of nitrogens with zero attached hydrogens (tertiary/aromatic N) is 3. The van der Waals surface area contributed by atoms with E-state index in [1.54, 1.807) is 5.57 Å². The molecule has 1 saturated carbocycles. The lowest BCUT2D eigenvalue weighted by Gasteiger charge is -2.57. The Morgan fingerprint density at radius 1 is 1.18 bits per heavy atom. The second-order valence-electron chi connectivity index (χ2n) is 7.77. The Morgan fingerprint density at radius 2 is 2.00 bits per heavy atom. The Balaban J connectivity index is 1.34. The molecule has 2 atom stereocenters. The fraction of sp³-hybridized carbons (Fsp3) is 0.632. The van der Waals surface area contributed by atoms with Crippen LogP contribution in [0.5, 0.6) is 0 Å². The Bertz CT molecular complexity index is 555. The van der Waals surface area contributed by atoms with Crippen LogP contribution in [0, 0.1) is 17.3 Å². The van der Waals surface area contributed by atoms with Crippen LogP contribution in [-0.2, 0) is 0 Å². The molecule has 118 valence electrons. The molecule has 1 saturated heterocycles. The molecule has 1 aromatic heterocycles. The highest BCUT2D eigenvalue weighted by Gasteiger charge is 2.51. The van der Waals surface area contributed by atoms with Crippen LogP contribution in [0.25, 0.3) is 0 Å². The predicted octanol–water partition coefficient (Wildman–Crippen LogP) is 3.20. The SMILES string of the molecule is CC1(C)C2CC=C(CN3CCN(c4ccccn4)CC3)C1C2. The number of aromatic nitrogens is 1. The van der Waals surface area contributed by atoms with E-state index in [4.69, 9.17) is 0 Å². The molecule has 0 spiro atoms. The summed E-state index contributed by atoms with van der Waals surface area (Å²) in [5.41, 5.74) is 2.28. The van der Waals surface area contributed by atoms with Crippen LogP contribution < -0.4 is 4.90 Å². The van der Waals surface area contributed by atoms with Gasteiger partial charge in [0.1, 0.15) is 5.82 Å². The monoisotopic (exact) mass is 297 g/mol. The fourth-order valence-corrected chi connectivity index (χ4v) is 4.59. The van der Waals surface area contributed by atoms with Gasteiger partial charge in [0.2, 0.25) is 0 Å². The third kappa shape index (κ3) is 2.36. The van der Waals surface area contributed by atoms with Gasteiger partial charge in [-0.2, -0.15) is 0 Å². The van der Waals surface area contributed by atoms with E-state index in [9.17, 15) is 0 Å². The number of rotatable bonds is 3. The van der Waals surface area contributed by atoms with Crippen LogP contribution in [0.1, 0.15) is 26.7 Å². The van der Waals surface area contributed by atoms with E-state index in [1.807, 2.05) is 12.3 Å². The first-order chi connectivity index (χ1) is 10.6. The summed E-state index contributed by atoms with van der Waals surface area (Å²) in [7, 11) is 0. The summed E-state index contributed by atoms with van der Waals surface area (Å²) in [4.78, 5) is 9.53. The van der Waals surface area contributed by atoms with E-state index >= 15 is 0 Å². The van der Waals surface area contributed by atoms with Crippen LogP contribution in [0.15, 0.2) is 36.0 Å². The van der Waals surface area contributed by atoms with Crippen molar-refractivity contribution in [2.75, 3.05) is 37.6 Å². The van der Waals surface area contributed by atoms with Gasteiger partial charge in [0, 0.05) is 38.9 Å². The first kappa shape index (κ1) is 14.3. The molecule has 0 amide bonds. The normalized spacial score (nSPS) is 30.6. The molecule has 2 heterocycles. The van der Waals surface area contributed by atoms with Gasteiger partial charge in [-0.05, 0) is 42.2 Å². The number of anilines is 1. The average Bonchev–Trinajstić information content (AvgIpc) is 2.56. The highest BCUT2D eigenvalue weighted by Crippen LogP contribution is 2.59. The first-order valence-corrected chi connectivity index (χ1v) is 8.72. The molecule has 4 aliphatic rings. The zero-order valence-corrected chi connectivity index (χ0v) is 13.8. The Morgan fingerprint density at radius 3 is 2.64 bits per heavy atom. The fourth-order valence-electron chi connectivity index (χ4n) is 4.59. The summed E-state index contributed by atoms with van der Waals surface area (Å²) in [6.45, 7) is 10.6. The zero-order chi connectivity index (χ0) is 15.2. The van der Waals surface area contributed by atoms with Crippen molar-refractivity contribution in [2.45, 2.75) is 26.7 Å².